The highest BCUT2D eigenvalue weighted by Gasteiger charge is 2.25. The van der Waals surface area contributed by atoms with Crippen LogP contribution < -0.4 is 5.56 Å². The fourth-order valence-electron chi connectivity index (χ4n) is 4.10. The van der Waals surface area contributed by atoms with Gasteiger partial charge < -0.3 is 4.74 Å². The SMILES string of the molecule is CCCCCCCCCCCCOC1CCCn2c1nc(C)c(CCCl)c2=O. The molecule has 0 aliphatic carbocycles. The van der Waals surface area contributed by atoms with Crippen LogP contribution in [0.4, 0.5) is 0 Å². The molecule has 0 spiro atoms. The number of aryl methyl sites for hydroxylation is 1. The van der Waals surface area contributed by atoms with Crippen LogP contribution in [0.1, 0.15) is 107 Å². The maximum atomic E-state index is 12.7. The Morgan fingerprint density at radius 2 is 1.71 bits per heavy atom. The van der Waals surface area contributed by atoms with Gasteiger partial charge in [-0.1, -0.05) is 64.7 Å². The number of rotatable bonds is 14. The average Bonchev–Trinajstić information content (AvgIpc) is 2.69. The van der Waals surface area contributed by atoms with Gasteiger partial charge in [-0.25, -0.2) is 4.98 Å². The third-order valence-corrected chi connectivity index (χ3v) is 5.99. The Bertz CT molecular complexity index is 630. The summed E-state index contributed by atoms with van der Waals surface area (Å²) in [4.78, 5) is 17.5. The van der Waals surface area contributed by atoms with Crippen LogP contribution >= 0.6 is 11.6 Å². The zero-order valence-electron chi connectivity index (χ0n) is 18.0. The maximum Gasteiger partial charge on any atom is 0.257 e. The van der Waals surface area contributed by atoms with E-state index in [1.165, 1.54) is 57.8 Å². The summed E-state index contributed by atoms with van der Waals surface area (Å²) in [5, 5.41) is 0. The summed E-state index contributed by atoms with van der Waals surface area (Å²) in [7, 11) is 0. The van der Waals surface area contributed by atoms with Crippen LogP contribution in [-0.4, -0.2) is 22.0 Å². The molecular weight excluding hydrogens is 372 g/mol. The number of unbranched alkanes of at least 4 members (excludes halogenated alkanes) is 9. The van der Waals surface area contributed by atoms with E-state index in [1.807, 2.05) is 11.5 Å². The van der Waals surface area contributed by atoms with Crippen LogP contribution in [0.5, 0.6) is 0 Å². The van der Waals surface area contributed by atoms with Crippen LogP contribution in [0.2, 0.25) is 0 Å². The van der Waals surface area contributed by atoms with Crippen molar-refractivity contribution in [1.29, 1.82) is 0 Å². The fraction of sp³-hybridized carbons (Fsp3) is 0.826. The van der Waals surface area contributed by atoms with E-state index in [0.717, 1.165) is 49.5 Å². The molecule has 1 aromatic rings. The second-order valence-electron chi connectivity index (χ2n) is 8.11. The molecule has 2 rings (SSSR count). The predicted octanol–water partition coefficient (Wildman–Crippen LogP) is 6.11. The first kappa shape index (κ1) is 23.4. The molecule has 0 saturated heterocycles. The molecule has 0 aromatic carbocycles. The van der Waals surface area contributed by atoms with Gasteiger partial charge in [0.1, 0.15) is 11.9 Å². The van der Waals surface area contributed by atoms with Crippen molar-refractivity contribution in [3.63, 3.8) is 0 Å². The van der Waals surface area contributed by atoms with Crippen molar-refractivity contribution < 1.29 is 4.74 Å². The summed E-state index contributed by atoms with van der Waals surface area (Å²) in [6.07, 6.45) is 15.7. The van der Waals surface area contributed by atoms with Crippen molar-refractivity contribution in [1.82, 2.24) is 9.55 Å². The first-order valence-electron chi connectivity index (χ1n) is 11.5. The van der Waals surface area contributed by atoms with E-state index in [0.29, 0.717) is 12.3 Å². The lowest BCUT2D eigenvalue weighted by molar-refractivity contribution is 0.0239. The zero-order valence-corrected chi connectivity index (χ0v) is 18.7. The molecule has 0 amide bonds. The molecule has 1 aliphatic heterocycles. The van der Waals surface area contributed by atoms with E-state index in [1.54, 1.807) is 0 Å². The number of alkyl halides is 1. The van der Waals surface area contributed by atoms with Crippen LogP contribution in [0.25, 0.3) is 0 Å². The Kier molecular flexibility index (Phi) is 11.2. The minimum Gasteiger partial charge on any atom is -0.370 e. The van der Waals surface area contributed by atoms with Gasteiger partial charge in [-0.15, -0.1) is 11.6 Å². The highest BCUT2D eigenvalue weighted by atomic mass is 35.5. The minimum absolute atomic E-state index is 0.0382. The van der Waals surface area contributed by atoms with Gasteiger partial charge in [0.05, 0.1) is 0 Å². The molecule has 0 saturated carbocycles. The van der Waals surface area contributed by atoms with Crippen molar-refractivity contribution >= 4 is 11.6 Å². The molecule has 1 unspecified atom stereocenters. The summed E-state index contributed by atoms with van der Waals surface area (Å²) in [6.45, 7) is 5.69. The first-order valence-corrected chi connectivity index (χ1v) is 12.0. The molecular formula is C23H39ClN2O2. The molecule has 1 aromatic heterocycles. The molecule has 0 fully saturated rings. The van der Waals surface area contributed by atoms with Gasteiger partial charge in [-0.2, -0.15) is 0 Å². The number of halogens is 1. The van der Waals surface area contributed by atoms with Gasteiger partial charge in [0.2, 0.25) is 0 Å². The highest BCUT2D eigenvalue weighted by Crippen LogP contribution is 2.26. The van der Waals surface area contributed by atoms with E-state index in [-0.39, 0.29) is 11.7 Å². The molecule has 1 atom stereocenters. The summed E-state index contributed by atoms with van der Waals surface area (Å²) >= 11 is 5.85. The van der Waals surface area contributed by atoms with Crippen molar-refractivity contribution in [2.24, 2.45) is 0 Å². The van der Waals surface area contributed by atoms with Crippen LogP contribution in [0.15, 0.2) is 4.79 Å². The van der Waals surface area contributed by atoms with Gasteiger partial charge in [0.25, 0.3) is 5.56 Å². The maximum absolute atomic E-state index is 12.7. The topological polar surface area (TPSA) is 44.1 Å². The van der Waals surface area contributed by atoms with Crippen molar-refractivity contribution in [3.8, 4) is 0 Å². The van der Waals surface area contributed by atoms with Crippen molar-refractivity contribution in [3.05, 3.63) is 27.4 Å². The molecule has 4 nitrogen and oxygen atoms in total. The van der Waals surface area contributed by atoms with E-state index < -0.39 is 0 Å². The third kappa shape index (κ3) is 7.18. The summed E-state index contributed by atoms with van der Waals surface area (Å²) in [6, 6.07) is 0. The van der Waals surface area contributed by atoms with Crippen LogP contribution in [0.3, 0.4) is 0 Å². The quantitative estimate of drug-likeness (QED) is 0.274. The molecule has 0 bridgehead atoms. The summed E-state index contributed by atoms with van der Waals surface area (Å²) in [5.41, 5.74) is 1.65. The van der Waals surface area contributed by atoms with Gasteiger partial charge in [0, 0.05) is 30.3 Å². The summed E-state index contributed by atoms with van der Waals surface area (Å²) < 4.78 is 7.96. The number of fused-ring (bicyclic) bond motifs is 1. The molecule has 5 heteroatoms. The molecule has 160 valence electrons. The molecule has 0 N–H and O–H groups in total. The fourth-order valence-corrected chi connectivity index (χ4v) is 4.29. The Morgan fingerprint density at radius 1 is 1.07 bits per heavy atom. The molecule has 2 heterocycles. The number of hydrogen-bond acceptors (Lipinski definition) is 3. The van der Waals surface area contributed by atoms with E-state index >= 15 is 0 Å². The Hall–Kier alpha value is -0.870. The second-order valence-corrected chi connectivity index (χ2v) is 8.49. The predicted molar refractivity (Wildman–Crippen MR) is 117 cm³/mol. The first-order chi connectivity index (χ1) is 13.7. The lowest BCUT2D eigenvalue weighted by Gasteiger charge is -2.27. The lowest BCUT2D eigenvalue weighted by atomic mass is 10.1. The van der Waals surface area contributed by atoms with Gasteiger partial charge in [0.15, 0.2) is 0 Å². The Morgan fingerprint density at radius 3 is 2.36 bits per heavy atom. The smallest absolute Gasteiger partial charge is 0.257 e. The van der Waals surface area contributed by atoms with Crippen LogP contribution in [-0.2, 0) is 17.7 Å². The monoisotopic (exact) mass is 410 g/mol. The van der Waals surface area contributed by atoms with Crippen molar-refractivity contribution in [2.75, 3.05) is 12.5 Å². The largest absolute Gasteiger partial charge is 0.370 e. The zero-order chi connectivity index (χ0) is 20.2. The van der Waals surface area contributed by atoms with Gasteiger partial charge in [-0.05, 0) is 32.6 Å². The van der Waals surface area contributed by atoms with E-state index in [2.05, 4.69) is 6.92 Å². The standard InChI is InChI=1S/C23H39ClN2O2/c1-3-4-5-6-7-8-9-10-11-12-18-28-21-14-13-17-26-22(21)25-19(2)20(15-16-24)23(26)27/h21H,3-18H2,1-2H3. The number of aromatic nitrogens is 2. The highest BCUT2D eigenvalue weighted by molar-refractivity contribution is 6.17. The molecule has 28 heavy (non-hydrogen) atoms. The normalized spacial score (nSPS) is 16.3. The molecule has 0 radical (unpaired) electrons. The van der Waals surface area contributed by atoms with E-state index in [9.17, 15) is 4.79 Å². The van der Waals surface area contributed by atoms with Gasteiger partial charge in [-0.3, -0.25) is 9.36 Å². The number of nitrogens with zero attached hydrogens (tertiary/aromatic N) is 2. The average molecular weight is 411 g/mol. The minimum atomic E-state index is -0.0382. The Labute approximate surface area is 176 Å². The summed E-state index contributed by atoms with van der Waals surface area (Å²) in [5.74, 6) is 1.27. The second kappa shape index (κ2) is 13.4. The molecule has 1 aliphatic rings. The van der Waals surface area contributed by atoms with Crippen molar-refractivity contribution in [2.45, 2.75) is 110 Å². The number of hydrogen-bond donors (Lipinski definition) is 0. The Balaban J connectivity index is 1.70. The van der Waals surface area contributed by atoms with Gasteiger partial charge >= 0.3 is 0 Å². The lowest BCUT2D eigenvalue weighted by Crippen LogP contribution is -2.34. The van der Waals surface area contributed by atoms with E-state index in [4.69, 9.17) is 21.3 Å². The van der Waals surface area contributed by atoms with Crippen LogP contribution in [0, 0.1) is 6.92 Å². The number of ether oxygens (including phenoxy) is 1. The third-order valence-electron chi connectivity index (χ3n) is 5.80.